The van der Waals surface area contributed by atoms with Gasteiger partial charge in [0.15, 0.2) is 0 Å². The van der Waals surface area contributed by atoms with Crippen LogP contribution in [0.5, 0.6) is 5.75 Å². The van der Waals surface area contributed by atoms with Gasteiger partial charge < -0.3 is 4.74 Å². The fourth-order valence-electron chi connectivity index (χ4n) is 0.825. The van der Waals surface area contributed by atoms with Gasteiger partial charge >= 0.3 is 10.1 Å². The van der Waals surface area contributed by atoms with Gasteiger partial charge in [-0.25, -0.2) is 0 Å². The van der Waals surface area contributed by atoms with Gasteiger partial charge in [0.05, 0.1) is 7.11 Å². The summed E-state index contributed by atoms with van der Waals surface area (Å²) in [4.78, 5) is -0.326. The molecule has 0 aliphatic carbocycles. The van der Waals surface area contributed by atoms with Gasteiger partial charge in [0.2, 0.25) is 0 Å². The normalized spacial score (nSPS) is 11.2. The van der Waals surface area contributed by atoms with Crippen molar-refractivity contribution in [2.75, 3.05) is 7.11 Å². The zero-order valence-corrected chi connectivity index (χ0v) is 7.17. The van der Waals surface area contributed by atoms with E-state index < -0.39 is 10.1 Å². The van der Waals surface area contributed by atoms with E-state index >= 15 is 0 Å². The third-order valence-corrected chi connectivity index (χ3v) is 2.21. The van der Waals surface area contributed by atoms with Crippen LogP contribution in [-0.4, -0.2) is 15.5 Å². The molecule has 0 heterocycles. The van der Waals surface area contributed by atoms with Gasteiger partial charge in [0.25, 0.3) is 0 Å². The minimum atomic E-state index is -4.42. The Bertz CT molecular complexity index is 369. The molecule has 0 aliphatic heterocycles. The third kappa shape index (κ3) is 1.75. The van der Waals surface area contributed by atoms with Crippen molar-refractivity contribution >= 4 is 10.1 Å². The molecule has 0 atom stereocenters. The first kappa shape index (κ1) is 9.02. The molecule has 0 saturated heterocycles. The summed E-state index contributed by atoms with van der Waals surface area (Å²) >= 11 is 0. The molecule has 1 aromatic rings. The fraction of sp³-hybridized carbons (Fsp3) is 0.143. The fourth-order valence-corrected chi connectivity index (χ4v) is 1.47. The van der Waals surface area contributed by atoms with Crippen LogP contribution in [0.4, 0.5) is 0 Å². The van der Waals surface area contributed by atoms with E-state index in [1.807, 2.05) is 0 Å². The number of ether oxygens (including phenoxy) is 1. The van der Waals surface area contributed by atoms with Crippen molar-refractivity contribution in [2.45, 2.75) is 4.90 Å². The molecule has 0 unspecified atom stereocenters. The van der Waals surface area contributed by atoms with E-state index in [2.05, 4.69) is 0 Å². The molecule has 0 amide bonds. The van der Waals surface area contributed by atoms with Crippen molar-refractivity contribution in [3.63, 3.8) is 0 Å². The number of rotatable bonds is 2. The number of benzene rings is 1. The monoisotopic (exact) mass is 187 g/mol. The van der Waals surface area contributed by atoms with Crippen LogP contribution in [0.2, 0.25) is 0 Å². The Morgan fingerprint density at radius 1 is 1.25 bits per heavy atom. The Morgan fingerprint density at radius 2 is 1.83 bits per heavy atom. The highest BCUT2D eigenvalue weighted by Gasteiger charge is 2.16. The lowest BCUT2D eigenvalue weighted by Crippen LogP contribution is -1.99. The maximum Gasteiger partial charge on any atom is 0.327 e. The molecule has 12 heavy (non-hydrogen) atoms. The lowest BCUT2D eigenvalue weighted by molar-refractivity contribution is 0.384. The first-order valence-electron chi connectivity index (χ1n) is 3.14. The van der Waals surface area contributed by atoms with Crippen LogP contribution >= 0.6 is 0 Å². The average molecular weight is 187 g/mol. The summed E-state index contributed by atoms with van der Waals surface area (Å²) in [7, 11) is -3.11. The molecule has 0 aromatic heterocycles. The van der Waals surface area contributed by atoms with E-state index in [1.54, 1.807) is 6.07 Å². The molecule has 5 heteroatoms. The SMILES string of the molecule is COc1ccccc1S([O])(=O)=O. The molecule has 4 nitrogen and oxygen atoms in total. The van der Waals surface area contributed by atoms with Gasteiger partial charge in [0.1, 0.15) is 10.6 Å². The molecule has 1 rings (SSSR count). The summed E-state index contributed by atoms with van der Waals surface area (Å²) in [5.74, 6) is 0.0764. The van der Waals surface area contributed by atoms with Crippen molar-refractivity contribution in [3.05, 3.63) is 24.3 Å². The second-order valence-electron chi connectivity index (χ2n) is 2.10. The largest absolute Gasteiger partial charge is 0.495 e. The summed E-state index contributed by atoms with van der Waals surface area (Å²) in [6.45, 7) is 0. The predicted molar refractivity (Wildman–Crippen MR) is 40.9 cm³/mol. The van der Waals surface area contributed by atoms with Gasteiger partial charge in [-0.15, -0.1) is 0 Å². The Balaban J connectivity index is 3.33. The second kappa shape index (κ2) is 3.12. The molecule has 0 fully saturated rings. The molecule has 0 spiro atoms. The third-order valence-electron chi connectivity index (χ3n) is 1.34. The molecule has 1 radical (unpaired) electrons. The Morgan fingerprint density at radius 3 is 2.25 bits per heavy atom. The second-order valence-corrected chi connectivity index (χ2v) is 3.45. The topological polar surface area (TPSA) is 63.3 Å². The van der Waals surface area contributed by atoms with Crippen molar-refractivity contribution < 1.29 is 17.7 Å². The summed E-state index contributed by atoms with van der Waals surface area (Å²) < 4.78 is 36.4. The molecule has 65 valence electrons. The van der Waals surface area contributed by atoms with Crippen LogP contribution in [0.15, 0.2) is 29.2 Å². The van der Waals surface area contributed by atoms with Crippen molar-refractivity contribution in [2.24, 2.45) is 0 Å². The highest BCUT2D eigenvalue weighted by Crippen LogP contribution is 2.22. The van der Waals surface area contributed by atoms with Gasteiger partial charge in [0, 0.05) is 0 Å². The van der Waals surface area contributed by atoms with E-state index in [0.29, 0.717) is 0 Å². The van der Waals surface area contributed by atoms with Gasteiger partial charge in [-0.1, -0.05) is 16.7 Å². The lowest BCUT2D eigenvalue weighted by Gasteiger charge is -2.02. The van der Waals surface area contributed by atoms with Gasteiger partial charge in [-0.2, -0.15) is 8.42 Å². The zero-order valence-electron chi connectivity index (χ0n) is 6.35. The molecule has 0 saturated carbocycles. The molecular formula is C7H7O4S. The average Bonchev–Trinajstić information content (AvgIpc) is 2.03. The van der Waals surface area contributed by atoms with Crippen LogP contribution in [0.3, 0.4) is 0 Å². The first-order chi connectivity index (χ1) is 5.55. The quantitative estimate of drug-likeness (QED) is 0.688. The molecule has 0 bridgehead atoms. The van der Waals surface area contributed by atoms with Crippen LogP contribution < -0.4 is 4.74 Å². The predicted octanol–water partition coefficient (Wildman–Crippen LogP) is 0.814. The van der Waals surface area contributed by atoms with E-state index in [4.69, 9.17) is 4.74 Å². The van der Waals surface area contributed by atoms with Crippen molar-refractivity contribution in [1.82, 2.24) is 0 Å². The number of methoxy groups -OCH3 is 1. The van der Waals surface area contributed by atoms with E-state index in [-0.39, 0.29) is 10.6 Å². The van der Waals surface area contributed by atoms with Crippen LogP contribution in [0, 0.1) is 0 Å². The number of hydrogen-bond donors (Lipinski definition) is 0. The van der Waals surface area contributed by atoms with E-state index in [1.165, 1.54) is 25.3 Å². The Hall–Kier alpha value is -1.07. The van der Waals surface area contributed by atoms with E-state index in [0.717, 1.165) is 0 Å². The summed E-state index contributed by atoms with van der Waals surface area (Å²) in [5.41, 5.74) is 0. The maximum atomic E-state index is 10.6. The van der Waals surface area contributed by atoms with Gasteiger partial charge in [-0.05, 0) is 12.1 Å². The standard InChI is InChI=1S/C7H7O4S/c1-11-6-4-2-3-5-7(6)12(8,9)10/h2-5H,1H3. The van der Waals surface area contributed by atoms with Crippen molar-refractivity contribution in [1.29, 1.82) is 0 Å². The van der Waals surface area contributed by atoms with Crippen LogP contribution in [0.25, 0.3) is 0 Å². The summed E-state index contributed by atoms with van der Waals surface area (Å²) in [6.07, 6.45) is 0. The van der Waals surface area contributed by atoms with Crippen molar-refractivity contribution in [3.8, 4) is 5.75 Å². The Labute approximate surface area is 70.5 Å². The van der Waals surface area contributed by atoms with Crippen LogP contribution in [-0.2, 0) is 14.7 Å². The maximum absolute atomic E-state index is 10.6. The molecule has 1 aromatic carbocycles. The van der Waals surface area contributed by atoms with Crippen LogP contribution in [0.1, 0.15) is 0 Å². The first-order valence-corrected chi connectivity index (χ1v) is 4.55. The molecular weight excluding hydrogens is 180 g/mol. The number of para-hydroxylation sites is 1. The summed E-state index contributed by atoms with van der Waals surface area (Å²) in [6, 6.07) is 5.69. The highest BCUT2D eigenvalue weighted by molar-refractivity contribution is 7.85. The minimum absolute atomic E-state index is 0.0764. The summed E-state index contributed by atoms with van der Waals surface area (Å²) in [5, 5.41) is 0. The Kier molecular flexibility index (Phi) is 2.35. The minimum Gasteiger partial charge on any atom is -0.495 e. The molecule has 0 aliphatic rings. The smallest absolute Gasteiger partial charge is 0.327 e. The van der Waals surface area contributed by atoms with Gasteiger partial charge in [-0.3, -0.25) is 0 Å². The number of hydrogen-bond acceptors (Lipinski definition) is 3. The lowest BCUT2D eigenvalue weighted by atomic mass is 10.3. The highest BCUT2D eigenvalue weighted by atomic mass is 32.2. The molecule has 0 N–H and O–H groups in total. The zero-order chi connectivity index (χ0) is 9.19. The van der Waals surface area contributed by atoms with E-state index in [9.17, 15) is 13.0 Å².